The monoisotopic (exact) mass is 281 g/mol. The molecule has 0 aliphatic heterocycles. The van der Waals surface area contributed by atoms with Crippen molar-refractivity contribution in [1.29, 1.82) is 0 Å². The first-order valence-electron chi connectivity index (χ1n) is 4.48. The fourth-order valence-electron chi connectivity index (χ4n) is 1.25. The number of hydrogen-bond donors (Lipinski definition) is 1. The summed E-state index contributed by atoms with van der Waals surface area (Å²) in [6, 6.07) is 2.62. The van der Waals surface area contributed by atoms with E-state index in [9.17, 15) is 18.0 Å². The molecule has 0 atom stereocenters. The van der Waals surface area contributed by atoms with Gasteiger partial charge in [0.25, 0.3) is 0 Å². The fraction of sp³-hybridized carbons (Fsp3) is 0.200. The summed E-state index contributed by atoms with van der Waals surface area (Å²) in [5, 5.41) is 10.4. The minimum absolute atomic E-state index is 0.167. The summed E-state index contributed by atoms with van der Waals surface area (Å²) in [4.78, 5) is 11.2. The lowest BCUT2D eigenvalue weighted by Gasteiger charge is -2.12. The number of alkyl halides is 3. The first-order valence-corrected chi connectivity index (χ1v) is 4.86. The molecule has 0 saturated heterocycles. The molecule has 0 aliphatic carbocycles. The average molecular weight is 282 g/mol. The van der Waals surface area contributed by atoms with Crippen LogP contribution in [-0.4, -0.2) is 23.5 Å². The van der Waals surface area contributed by atoms with Gasteiger partial charge in [-0.1, -0.05) is 22.8 Å². The number of carbonyl (C=O) groups is 1. The molecule has 0 bridgehead atoms. The lowest BCUT2D eigenvalue weighted by molar-refractivity contribution is -0.138. The quantitative estimate of drug-likeness (QED) is 0.392. The van der Waals surface area contributed by atoms with Crippen LogP contribution >= 0.6 is 11.6 Å². The summed E-state index contributed by atoms with van der Waals surface area (Å²) < 4.78 is 42.5. The maximum Gasteiger partial charge on any atom is 0.417 e. The van der Waals surface area contributed by atoms with Crippen LogP contribution in [0.5, 0.6) is 0 Å². The predicted octanol–water partition coefficient (Wildman–Crippen LogP) is 2.87. The number of hydrogen-bond acceptors (Lipinski definition) is 4. The van der Waals surface area contributed by atoms with E-state index < -0.39 is 28.4 Å². The van der Waals surface area contributed by atoms with Gasteiger partial charge in [0, 0.05) is 5.56 Å². The third-order valence-corrected chi connectivity index (χ3v) is 2.35. The van der Waals surface area contributed by atoms with E-state index in [0.717, 1.165) is 19.2 Å². The van der Waals surface area contributed by atoms with Crippen LogP contribution in [0, 0.1) is 0 Å². The molecule has 0 fully saturated rings. The van der Waals surface area contributed by atoms with Crippen molar-refractivity contribution in [1.82, 2.24) is 0 Å². The van der Waals surface area contributed by atoms with Crippen LogP contribution in [0.1, 0.15) is 21.5 Å². The Bertz CT molecular complexity index is 500. The molecule has 8 heteroatoms. The molecule has 0 heterocycles. The van der Waals surface area contributed by atoms with Crippen molar-refractivity contribution in [2.75, 3.05) is 7.11 Å². The van der Waals surface area contributed by atoms with Crippen LogP contribution in [-0.2, 0) is 10.9 Å². The smallest absolute Gasteiger partial charge is 0.417 e. The average Bonchev–Trinajstić information content (AvgIpc) is 2.35. The van der Waals surface area contributed by atoms with Crippen LogP contribution < -0.4 is 0 Å². The van der Waals surface area contributed by atoms with Gasteiger partial charge in [0.1, 0.15) is 0 Å². The van der Waals surface area contributed by atoms with E-state index in [4.69, 9.17) is 16.8 Å². The van der Waals surface area contributed by atoms with E-state index in [1.807, 2.05) is 0 Å². The van der Waals surface area contributed by atoms with Gasteiger partial charge in [0.05, 0.1) is 18.2 Å². The van der Waals surface area contributed by atoms with Gasteiger partial charge in [-0.25, -0.2) is 4.79 Å². The Kier molecular flexibility index (Phi) is 4.18. The molecule has 0 amide bonds. The molecule has 0 radical (unpaired) electrons. The number of methoxy groups -OCH3 is 1. The van der Waals surface area contributed by atoms with Crippen LogP contribution in [0.4, 0.5) is 13.2 Å². The molecule has 1 aromatic rings. The second kappa shape index (κ2) is 5.26. The van der Waals surface area contributed by atoms with Crippen molar-refractivity contribution >= 4 is 22.7 Å². The highest BCUT2D eigenvalue weighted by atomic mass is 35.5. The molecule has 4 nitrogen and oxygen atoms in total. The molecule has 18 heavy (non-hydrogen) atoms. The van der Waals surface area contributed by atoms with Crippen LogP contribution in [0.3, 0.4) is 0 Å². The highest BCUT2D eigenvalue weighted by Crippen LogP contribution is 2.33. The lowest BCUT2D eigenvalue weighted by Crippen LogP contribution is -2.15. The van der Waals surface area contributed by atoms with Gasteiger partial charge in [-0.3, -0.25) is 0 Å². The summed E-state index contributed by atoms with van der Waals surface area (Å²) in [7, 11) is 0.971. The Morgan fingerprint density at radius 3 is 2.50 bits per heavy atom. The zero-order chi connectivity index (χ0) is 13.9. The first kappa shape index (κ1) is 14.3. The largest absolute Gasteiger partial charge is 0.465 e. The summed E-state index contributed by atoms with van der Waals surface area (Å²) in [5.74, 6) is -1.12. The molecule has 0 spiro atoms. The summed E-state index contributed by atoms with van der Waals surface area (Å²) in [6.07, 6.45) is -4.76. The van der Waals surface area contributed by atoms with Gasteiger partial charge in [0.15, 0.2) is 5.17 Å². The van der Waals surface area contributed by atoms with Crippen molar-refractivity contribution in [2.24, 2.45) is 5.16 Å². The Labute approximate surface area is 105 Å². The minimum atomic E-state index is -4.76. The molecule has 0 aliphatic rings. The van der Waals surface area contributed by atoms with Gasteiger partial charge in [-0.15, -0.1) is 0 Å². The summed E-state index contributed by atoms with van der Waals surface area (Å²) in [5.41, 5.74) is -2.02. The third kappa shape index (κ3) is 2.92. The molecule has 1 rings (SSSR count). The number of nitrogens with zero attached hydrogens (tertiary/aromatic N) is 1. The maximum atomic E-state index is 12.7. The lowest BCUT2D eigenvalue weighted by atomic mass is 10.0. The molecule has 0 aromatic heterocycles. The van der Waals surface area contributed by atoms with E-state index in [0.29, 0.717) is 6.07 Å². The number of halogens is 4. The minimum Gasteiger partial charge on any atom is -0.465 e. The van der Waals surface area contributed by atoms with Crippen molar-refractivity contribution in [3.8, 4) is 0 Å². The Balaban J connectivity index is 3.44. The van der Waals surface area contributed by atoms with E-state index >= 15 is 0 Å². The Hall–Kier alpha value is -1.76. The first-order chi connectivity index (χ1) is 8.31. The van der Waals surface area contributed by atoms with Crippen molar-refractivity contribution in [3.63, 3.8) is 0 Å². The van der Waals surface area contributed by atoms with Gasteiger partial charge in [-0.05, 0) is 12.1 Å². The molecule has 1 N–H and O–H groups in total. The van der Waals surface area contributed by atoms with Crippen molar-refractivity contribution in [3.05, 3.63) is 34.9 Å². The number of carbonyl (C=O) groups excluding carboxylic acids is 1. The standard InChI is InChI=1S/C10H7ClF3NO3/c1-18-9(16)6-3-2-5(8(11)15-17)4-7(6)10(12,13)14/h2-4,17H,1H3/b15-8+. The number of esters is 1. The summed E-state index contributed by atoms with van der Waals surface area (Å²) in [6.45, 7) is 0. The topological polar surface area (TPSA) is 58.9 Å². The maximum absolute atomic E-state index is 12.7. The molecular formula is C10H7ClF3NO3. The number of oxime groups is 1. The van der Waals surface area contributed by atoms with E-state index in [1.54, 1.807) is 0 Å². The molecular weight excluding hydrogens is 275 g/mol. The zero-order valence-corrected chi connectivity index (χ0v) is 9.71. The molecule has 0 saturated carbocycles. The van der Waals surface area contributed by atoms with Gasteiger partial charge < -0.3 is 9.94 Å². The van der Waals surface area contributed by atoms with E-state index in [2.05, 4.69) is 9.89 Å². The number of ether oxygens (including phenoxy) is 1. The van der Waals surface area contributed by atoms with Crippen LogP contribution in [0.2, 0.25) is 0 Å². The fourth-order valence-corrected chi connectivity index (χ4v) is 1.37. The SMILES string of the molecule is COC(=O)c1ccc(/C(Cl)=N\O)cc1C(F)(F)F. The van der Waals surface area contributed by atoms with Crippen molar-refractivity contribution in [2.45, 2.75) is 6.18 Å². The predicted molar refractivity (Wildman–Crippen MR) is 57.0 cm³/mol. The van der Waals surface area contributed by atoms with Crippen LogP contribution in [0.25, 0.3) is 0 Å². The summed E-state index contributed by atoms with van der Waals surface area (Å²) >= 11 is 5.39. The molecule has 1 aromatic carbocycles. The van der Waals surface area contributed by atoms with Gasteiger partial charge in [-0.2, -0.15) is 13.2 Å². The highest BCUT2D eigenvalue weighted by Gasteiger charge is 2.36. The van der Waals surface area contributed by atoms with Crippen LogP contribution in [0.15, 0.2) is 23.4 Å². The normalized spacial score (nSPS) is 12.4. The van der Waals surface area contributed by atoms with E-state index in [1.165, 1.54) is 0 Å². The molecule has 98 valence electrons. The second-order valence-corrected chi connectivity index (χ2v) is 3.50. The van der Waals surface area contributed by atoms with E-state index in [-0.39, 0.29) is 5.56 Å². The van der Waals surface area contributed by atoms with Gasteiger partial charge in [0.2, 0.25) is 0 Å². The zero-order valence-electron chi connectivity index (χ0n) is 8.95. The van der Waals surface area contributed by atoms with Crippen molar-refractivity contribution < 1.29 is 27.9 Å². The number of rotatable bonds is 2. The highest BCUT2D eigenvalue weighted by molar-refractivity contribution is 6.69. The third-order valence-electron chi connectivity index (χ3n) is 2.06. The Morgan fingerprint density at radius 1 is 1.44 bits per heavy atom. The number of benzene rings is 1. The molecule has 0 unspecified atom stereocenters. The Morgan fingerprint density at radius 2 is 2.06 bits per heavy atom. The second-order valence-electron chi connectivity index (χ2n) is 3.14. The van der Waals surface area contributed by atoms with Gasteiger partial charge >= 0.3 is 12.1 Å².